The third-order valence-electron chi connectivity index (χ3n) is 13.0. The molecule has 0 bridgehead atoms. The molecule has 1 unspecified atom stereocenters. The SMILES string of the molecule is COc1ccc(C(OC[C@H]2O[C@@H](n3ccc(NC(=O)c4ccccc4)nc3=O)C[C@@H]2OP(C)(=O)OC[C@H]2O[C@@H](n3cnc4c(=O)[nH]c(NC(=O)C(C)C)nc43)C[C@@H]2OC(C)=O)(c2ccccc2)c2ccc(OC)cc2)cc1. The van der Waals surface area contributed by atoms with Crippen molar-refractivity contribution in [3.8, 4) is 11.5 Å². The van der Waals surface area contributed by atoms with Gasteiger partial charge in [0.2, 0.25) is 11.9 Å². The maximum absolute atomic E-state index is 14.7. The molecule has 7 atom stereocenters. The Morgan fingerprint density at radius 3 is 1.95 bits per heavy atom. The summed E-state index contributed by atoms with van der Waals surface area (Å²) < 4.78 is 66.9. The van der Waals surface area contributed by atoms with E-state index in [2.05, 4.69) is 30.6 Å². The van der Waals surface area contributed by atoms with Gasteiger partial charge in [-0.25, -0.2) is 9.78 Å². The average Bonchev–Trinajstić information content (AvgIpc) is 4.16. The smallest absolute Gasteiger partial charge is 0.351 e. The molecule has 0 spiro atoms. The summed E-state index contributed by atoms with van der Waals surface area (Å²) in [5, 5.41) is 5.24. The maximum Gasteiger partial charge on any atom is 0.351 e. The highest BCUT2D eigenvalue weighted by Crippen LogP contribution is 2.50. The van der Waals surface area contributed by atoms with Gasteiger partial charge in [0.15, 0.2) is 11.2 Å². The number of esters is 1. The van der Waals surface area contributed by atoms with Crippen LogP contribution in [0.4, 0.5) is 11.8 Å². The Balaban J connectivity index is 1.00. The van der Waals surface area contributed by atoms with Crippen LogP contribution in [0.5, 0.6) is 11.5 Å². The van der Waals surface area contributed by atoms with E-state index in [1.54, 1.807) is 58.4 Å². The van der Waals surface area contributed by atoms with Crippen molar-refractivity contribution in [2.75, 3.05) is 44.7 Å². The zero-order chi connectivity index (χ0) is 54.4. The van der Waals surface area contributed by atoms with Gasteiger partial charge in [-0.15, -0.1) is 0 Å². The van der Waals surface area contributed by atoms with Crippen molar-refractivity contribution in [1.29, 1.82) is 0 Å². The van der Waals surface area contributed by atoms with Crippen LogP contribution in [0.25, 0.3) is 11.2 Å². The standard InChI is InChI=1S/C54H57N8O14P/c1-32(2)49(64)59-52-58-48-47(51(66)60-52)55-31-62(48)46-27-40(73-33(3)63)43(75-46)30-72-77(6,68)76-41-28-45(61-26-25-44(57-53(61)67)56-50(65)34-13-9-7-10-14-34)74-42(41)29-71-54(35-15-11-8-12-16-35,36-17-21-38(69-4)22-18-36)37-19-23-39(70-5)24-20-37/h7-26,31-32,40-43,45-46H,27-30H2,1-6H3,(H,56,57,65,67)(H2,58,59,60,64,66)/t40-,41-,42+,43+,45+,46+,77?/m0/s1. The number of carbonyl (C=O) groups excluding carboxylic acids is 3. The Morgan fingerprint density at radius 1 is 0.766 bits per heavy atom. The minimum atomic E-state index is -4.14. The number of carbonyl (C=O) groups is 3. The number of hydrogen-bond acceptors (Lipinski definition) is 17. The Morgan fingerprint density at radius 2 is 1.35 bits per heavy atom. The molecule has 3 aromatic heterocycles. The van der Waals surface area contributed by atoms with Gasteiger partial charge in [0, 0.05) is 44.1 Å². The molecule has 7 aromatic rings. The molecule has 0 radical (unpaired) electrons. The molecular weight excluding hydrogens is 1020 g/mol. The topological polar surface area (TPSA) is 265 Å². The molecule has 0 saturated carbocycles. The third-order valence-corrected chi connectivity index (χ3v) is 14.3. The highest BCUT2D eigenvalue weighted by Gasteiger charge is 2.46. The van der Waals surface area contributed by atoms with Crippen molar-refractivity contribution in [3.63, 3.8) is 0 Å². The zero-order valence-corrected chi connectivity index (χ0v) is 43.8. The van der Waals surface area contributed by atoms with Crippen LogP contribution in [-0.2, 0) is 47.8 Å². The second-order valence-electron chi connectivity index (χ2n) is 18.6. The number of fused-ring (bicyclic) bond motifs is 1. The van der Waals surface area contributed by atoms with Gasteiger partial charge in [0.25, 0.3) is 11.5 Å². The second-order valence-corrected chi connectivity index (χ2v) is 20.6. The van der Waals surface area contributed by atoms with Crippen LogP contribution in [-0.4, -0.2) is 105 Å². The van der Waals surface area contributed by atoms with Gasteiger partial charge in [-0.1, -0.05) is 86.6 Å². The number of benzene rings is 4. The molecule has 2 aliphatic rings. The number of imidazole rings is 1. The first-order valence-corrected chi connectivity index (χ1v) is 26.6. The zero-order valence-electron chi connectivity index (χ0n) is 42.9. The Hall–Kier alpha value is -7.85. The number of ether oxygens (including phenoxy) is 6. The molecule has 4 aromatic carbocycles. The predicted octanol–water partition coefficient (Wildman–Crippen LogP) is 6.98. The van der Waals surface area contributed by atoms with Crippen LogP contribution in [0.15, 0.2) is 137 Å². The van der Waals surface area contributed by atoms with Gasteiger partial charge in [-0.3, -0.25) is 43.2 Å². The largest absolute Gasteiger partial charge is 0.497 e. The summed E-state index contributed by atoms with van der Waals surface area (Å²) in [5.74, 6) is -0.702. The highest BCUT2D eigenvalue weighted by molar-refractivity contribution is 7.53. The number of anilines is 2. The van der Waals surface area contributed by atoms with Gasteiger partial charge < -0.3 is 42.8 Å². The fraction of sp³-hybridized carbons (Fsp3) is 0.333. The number of methoxy groups -OCH3 is 2. The van der Waals surface area contributed by atoms with Crippen molar-refractivity contribution < 1.29 is 56.4 Å². The first-order chi connectivity index (χ1) is 37.0. The summed E-state index contributed by atoms with van der Waals surface area (Å²) in [4.78, 5) is 80.0. The summed E-state index contributed by atoms with van der Waals surface area (Å²) in [7, 11) is -0.985. The minimum absolute atomic E-state index is 0.0123. The quantitative estimate of drug-likeness (QED) is 0.0395. The monoisotopic (exact) mass is 1070 g/mol. The number of rotatable bonds is 20. The normalized spacial score (nSPS) is 20.1. The van der Waals surface area contributed by atoms with Gasteiger partial charge in [0.1, 0.15) is 53.7 Å². The molecule has 3 N–H and O–H groups in total. The molecule has 2 amide bonds. The molecule has 0 aliphatic carbocycles. The van der Waals surface area contributed by atoms with Crippen LogP contribution >= 0.6 is 7.60 Å². The lowest BCUT2D eigenvalue weighted by Gasteiger charge is -2.37. The lowest BCUT2D eigenvalue weighted by atomic mass is 9.80. The number of H-pyrrole nitrogens is 1. The van der Waals surface area contributed by atoms with Crippen molar-refractivity contribution >= 4 is 48.3 Å². The highest BCUT2D eigenvalue weighted by atomic mass is 31.2. The molecule has 9 rings (SSSR count). The molecule has 22 nitrogen and oxygen atoms in total. The Kier molecular flexibility index (Phi) is 16.2. The average molecular weight is 1070 g/mol. The molecule has 2 fully saturated rings. The molecular formula is C54H57N8O14P. The number of aromatic amines is 1. The van der Waals surface area contributed by atoms with Crippen molar-refractivity contribution in [1.82, 2.24) is 29.1 Å². The molecule has 77 heavy (non-hydrogen) atoms. The maximum atomic E-state index is 14.7. The van der Waals surface area contributed by atoms with E-state index in [0.717, 1.165) is 16.7 Å². The summed E-state index contributed by atoms with van der Waals surface area (Å²) in [6.45, 7) is 5.28. The third kappa shape index (κ3) is 12.1. The van der Waals surface area contributed by atoms with E-state index in [4.69, 9.17) is 37.5 Å². The van der Waals surface area contributed by atoms with E-state index in [-0.39, 0.29) is 48.3 Å². The number of hydrogen-bond donors (Lipinski definition) is 3. The second kappa shape index (κ2) is 23.2. The molecule has 23 heteroatoms. The Labute approximate surface area is 441 Å². The van der Waals surface area contributed by atoms with Gasteiger partial charge in [0.05, 0.1) is 39.9 Å². The van der Waals surface area contributed by atoms with E-state index in [1.165, 1.54) is 41.3 Å². The molecule has 2 aliphatic heterocycles. The first-order valence-electron chi connectivity index (χ1n) is 24.6. The van der Waals surface area contributed by atoms with Crippen molar-refractivity contribution in [3.05, 3.63) is 171 Å². The van der Waals surface area contributed by atoms with Crippen LogP contribution < -0.4 is 31.4 Å². The van der Waals surface area contributed by atoms with Crippen molar-refractivity contribution in [2.45, 2.75) is 76.1 Å². The number of nitrogens with zero attached hydrogens (tertiary/aromatic N) is 5. The van der Waals surface area contributed by atoms with Crippen LogP contribution in [0.2, 0.25) is 0 Å². The summed E-state index contributed by atoms with van der Waals surface area (Å²) in [6, 6.07) is 34.4. The fourth-order valence-electron chi connectivity index (χ4n) is 9.19. The molecule has 2 saturated heterocycles. The molecule has 5 heterocycles. The van der Waals surface area contributed by atoms with E-state index >= 15 is 0 Å². The van der Waals surface area contributed by atoms with Crippen molar-refractivity contribution in [2.24, 2.45) is 5.92 Å². The first kappa shape index (κ1) is 54.0. The van der Waals surface area contributed by atoms with Gasteiger partial charge in [-0.05, 0) is 59.2 Å². The van der Waals surface area contributed by atoms with Crippen LogP contribution in [0.1, 0.15) is 73.1 Å². The van der Waals surface area contributed by atoms with E-state index < -0.39 is 85.7 Å². The number of amides is 2. The lowest BCUT2D eigenvalue weighted by Crippen LogP contribution is -2.38. The van der Waals surface area contributed by atoms with E-state index in [9.17, 15) is 28.5 Å². The van der Waals surface area contributed by atoms with Crippen LogP contribution in [0.3, 0.4) is 0 Å². The summed E-state index contributed by atoms with van der Waals surface area (Å²) in [5.41, 5.74) is -0.0425. The predicted molar refractivity (Wildman–Crippen MR) is 280 cm³/mol. The number of nitrogens with one attached hydrogen (secondary N) is 3. The number of aromatic nitrogens is 6. The van der Waals surface area contributed by atoms with Gasteiger partial charge >= 0.3 is 19.3 Å². The van der Waals surface area contributed by atoms with E-state index in [0.29, 0.717) is 17.1 Å². The summed E-state index contributed by atoms with van der Waals surface area (Å²) >= 11 is 0. The Bertz CT molecular complexity index is 3350. The summed E-state index contributed by atoms with van der Waals surface area (Å²) in [6.07, 6.45) is -3.20. The van der Waals surface area contributed by atoms with Crippen LogP contribution in [0, 0.1) is 5.92 Å². The van der Waals surface area contributed by atoms with Gasteiger partial charge in [-0.2, -0.15) is 9.97 Å². The fourth-order valence-corrected chi connectivity index (χ4v) is 10.4. The minimum Gasteiger partial charge on any atom is -0.497 e. The van der Waals surface area contributed by atoms with E-state index in [1.807, 2.05) is 78.9 Å². The lowest BCUT2D eigenvalue weighted by molar-refractivity contribution is -0.150. The molecule has 402 valence electrons.